The smallest absolute Gasteiger partial charge is 0.243 e. The van der Waals surface area contributed by atoms with Gasteiger partial charge in [-0.2, -0.15) is 0 Å². The van der Waals surface area contributed by atoms with E-state index in [1.807, 2.05) is 6.92 Å². The number of amides is 1. The molecule has 0 aromatic heterocycles. The highest BCUT2D eigenvalue weighted by atomic mass is 35.5. The van der Waals surface area contributed by atoms with E-state index < -0.39 is 0 Å². The molecule has 1 N–H and O–H groups in total. The molecule has 0 aliphatic heterocycles. The maximum atomic E-state index is 10.7. The molecule has 0 aliphatic rings. The molecule has 3 nitrogen and oxygen atoms in total. The van der Waals surface area contributed by atoms with Crippen molar-refractivity contribution in [3.8, 4) is 0 Å². The van der Waals surface area contributed by atoms with E-state index in [0.29, 0.717) is 25.3 Å². The maximum Gasteiger partial charge on any atom is 0.243 e. The molecule has 0 unspecified atom stereocenters. The van der Waals surface area contributed by atoms with Crippen LogP contribution in [0.15, 0.2) is 0 Å². The third-order valence-electron chi connectivity index (χ3n) is 0.868. The summed E-state index contributed by atoms with van der Waals surface area (Å²) < 4.78 is 0. The minimum atomic E-state index is -0.109. The van der Waals surface area contributed by atoms with Gasteiger partial charge in [-0.05, 0) is 13.3 Å². The predicted molar refractivity (Wildman–Crippen MR) is 39.7 cm³/mol. The Morgan fingerprint density at radius 2 is 2.40 bits per heavy atom. The fourth-order valence-corrected chi connectivity index (χ4v) is 0.565. The Bertz CT molecular complexity index is 87.7. The molecule has 0 atom stereocenters. The summed E-state index contributed by atoms with van der Waals surface area (Å²) >= 11 is 5.36. The molecule has 0 bridgehead atoms. The van der Waals surface area contributed by atoms with Crippen molar-refractivity contribution in [3.05, 3.63) is 0 Å². The van der Waals surface area contributed by atoms with Gasteiger partial charge in [0.1, 0.15) is 0 Å². The van der Waals surface area contributed by atoms with Gasteiger partial charge < -0.3 is 0 Å². The maximum absolute atomic E-state index is 10.7. The van der Waals surface area contributed by atoms with Gasteiger partial charge in [0.25, 0.3) is 0 Å². The van der Waals surface area contributed by atoms with Crippen LogP contribution >= 0.6 is 11.6 Å². The Balaban J connectivity index is 3.09. The molecule has 0 saturated heterocycles. The first-order valence-electron chi connectivity index (χ1n) is 3.27. The zero-order valence-corrected chi connectivity index (χ0v) is 6.78. The molecule has 4 heteroatoms. The summed E-state index contributed by atoms with van der Waals surface area (Å²) in [5, 5.41) is 0. The molecule has 0 fully saturated rings. The standard InChI is InChI=1S/C6H12ClNO2/c1-2-10-8-6(9)4-3-5-7/h2-5H2,1H3,(H,8,9). The quantitative estimate of drug-likeness (QED) is 0.489. The van der Waals surface area contributed by atoms with Gasteiger partial charge in [-0.3, -0.25) is 9.63 Å². The second-order valence-corrected chi connectivity index (χ2v) is 2.13. The van der Waals surface area contributed by atoms with Gasteiger partial charge in [0.2, 0.25) is 5.91 Å². The molecule has 0 aromatic rings. The minimum absolute atomic E-state index is 0.109. The van der Waals surface area contributed by atoms with Crippen LogP contribution in [0.1, 0.15) is 19.8 Å². The van der Waals surface area contributed by atoms with Crippen LogP contribution in [-0.2, 0) is 9.63 Å². The predicted octanol–water partition coefficient (Wildman–Crippen LogP) is 1.07. The molecule has 0 heterocycles. The lowest BCUT2D eigenvalue weighted by molar-refractivity contribution is -0.133. The molecule has 0 aromatic carbocycles. The van der Waals surface area contributed by atoms with Crippen molar-refractivity contribution in [3.63, 3.8) is 0 Å². The number of carbonyl (C=O) groups is 1. The zero-order valence-electron chi connectivity index (χ0n) is 6.02. The highest BCUT2D eigenvalue weighted by molar-refractivity contribution is 6.17. The van der Waals surface area contributed by atoms with Gasteiger partial charge in [-0.1, -0.05) is 0 Å². The molecule has 60 valence electrons. The van der Waals surface area contributed by atoms with E-state index in [-0.39, 0.29) is 5.91 Å². The number of nitrogens with one attached hydrogen (secondary N) is 1. The summed E-state index contributed by atoms with van der Waals surface area (Å²) in [5.41, 5.74) is 2.27. The van der Waals surface area contributed by atoms with Crippen LogP contribution in [0.3, 0.4) is 0 Å². The Kier molecular flexibility index (Phi) is 6.64. The number of carbonyl (C=O) groups excluding carboxylic acids is 1. The number of rotatable bonds is 5. The van der Waals surface area contributed by atoms with Gasteiger partial charge in [-0.15, -0.1) is 11.6 Å². The van der Waals surface area contributed by atoms with Crippen LogP contribution in [0.4, 0.5) is 0 Å². The number of hydrogen-bond acceptors (Lipinski definition) is 2. The lowest BCUT2D eigenvalue weighted by Gasteiger charge is -2.00. The molecule has 0 radical (unpaired) electrons. The first-order valence-corrected chi connectivity index (χ1v) is 3.81. The molecule has 0 saturated carbocycles. The molecule has 0 aliphatic carbocycles. The van der Waals surface area contributed by atoms with Gasteiger partial charge in [0.05, 0.1) is 6.61 Å². The van der Waals surface area contributed by atoms with E-state index in [9.17, 15) is 4.79 Å². The lowest BCUT2D eigenvalue weighted by atomic mass is 10.3. The average Bonchev–Trinajstić information content (AvgIpc) is 1.97. The Labute approximate surface area is 65.6 Å². The van der Waals surface area contributed by atoms with E-state index >= 15 is 0 Å². The SMILES string of the molecule is CCONC(=O)CCCCl. The normalized spacial score (nSPS) is 9.40. The van der Waals surface area contributed by atoms with Crippen LogP contribution in [0.25, 0.3) is 0 Å². The first-order chi connectivity index (χ1) is 4.81. The van der Waals surface area contributed by atoms with E-state index in [1.54, 1.807) is 0 Å². The number of halogens is 1. The van der Waals surface area contributed by atoms with Gasteiger partial charge in [-0.25, -0.2) is 5.48 Å². The highest BCUT2D eigenvalue weighted by Crippen LogP contribution is 1.90. The number of hydrogen-bond donors (Lipinski definition) is 1. The number of alkyl halides is 1. The third-order valence-corrected chi connectivity index (χ3v) is 1.14. The van der Waals surface area contributed by atoms with Gasteiger partial charge >= 0.3 is 0 Å². The van der Waals surface area contributed by atoms with Crippen molar-refractivity contribution < 1.29 is 9.63 Å². The second kappa shape index (κ2) is 6.83. The molecule has 1 amide bonds. The summed E-state index contributed by atoms with van der Waals surface area (Å²) in [5.74, 6) is 0.405. The van der Waals surface area contributed by atoms with Crippen LogP contribution in [0.5, 0.6) is 0 Å². The second-order valence-electron chi connectivity index (χ2n) is 1.75. The van der Waals surface area contributed by atoms with Crippen LogP contribution in [0.2, 0.25) is 0 Å². The molecule has 0 rings (SSSR count). The molecular weight excluding hydrogens is 154 g/mol. The third kappa shape index (κ3) is 5.85. The van der Waals surface area contributed by atoms with E-state index in [2.05, 4.69) is 10.3 Å². The van der Waals surface area contributed by atoms with E-state index in [0.717, 1.165) is 0 Å². The minimum Gasteiger partial charge on any atom is -0.274 e. The highest BCUT2D eigenvalue weighted by Gasteiger charge is 1.97. The molecule has 10 heavy (non-hydrogen) atoms. The largest absolute Gasteiger partial charge is 0.274 e. The van der Waals surface area contributed by atoms with Crippen molar-refractivity contribution >= 4 is 17.5 Å². The molecular formula is C6H12ClNO2. The summed E-state index contributed by atoms with van der Waals surface area (Å²) in [6.07, 6.45) is 1.13. The van der Waals surface area contributed by atoms with Crippen LogP contribution < -0.4 is 5.48 Å². The van der Waals surface area contributed by atoms with Crippen molar-refractivity contribution in [2.75, 3.05) is 12.5 Å². The average molecular weight is 166 g/mol. The van der Waals surface area contributed by atoms with Gasteiger partial charge in [0.15, 0.2) is 0 Å². The Hall–Kier alpha value is -0.280. The topological polar surface area (TPSA) is 38.3 Å². The first kappa shape index (κ1) is 9.72. The Morgan fingerprint density at radius 3 is 2.90 bits per heavy atom. The van der Waals surface area contributed by atoms with Crippen molar-refractivity contribution in [1.29, 1.82) is 0 Å². The van der Waals surface area contributed by atoms with E-state index in [4.69, 9.17) is 11.6 Å². The fraction of sp³-hybridized carbons (Fsp3) is 0.833. The summed E-state index contributed by atoms with van der Waals surface area (Å²) in [6, 6.07) is 0. The zero-order chi connectivity index (χ0) is 7.82. The van der Waals surface area contributed by atoms with Crippen LogP contribution in [0, 0.1) is 0 Å². The monoisotopic (exact) mass is 165 g/mol. The fourth-order valence-electron chi connectivity index (χ4n) is 0.431. The van der Waals surface area contributed by atoms with Crippen molar-refractivity contribution in [1.82, 2.24) is 5.48 Å². The summed E-state index contributed by atoms with van der Waals surface area (Å²) in [6.45, 7) is 2.30. The van der Waals surface area contributed by atoms with Gasteiger partial charge in [0, 0.05) is 12.3 Å². The Morgan fingerprint density at radius 1 is 1.70 bits per heavy atom. The summed E-state index contributed by atoms with van der Waals surface area (Å²) in [4.78, 5) is 15.3. The number of hydroxylamine groups is 1. The molecule has 0 spiro atoms. The van der Waals surface area contributed by atoms with Crippen LogP contribution in [-0.4, -0.2) is 18.4 Å². The van der Waals surface area contributed by atoms with E-state index in [1.165, 1.54) is 0 Å². The lowest BCUT2D eigenvalue weighted by Crippen LogP contribution is -2.23. The summed E-state index contributed by atoms with van der Waals surface area (Å²) in [7, 11) is 0. The van der Waals surface area contributed by atoms with Crippen molar-refractivity contribution in [2.24, 2.45) is 0 Å². The van der Waals surface area contributed by atoms with Crippen molar-refractivity contribution in [2.45, 2.75) is 19.8 Å².